The lowest BCUT2D eigenvalue weighted by atomic mass is 10.3. The molecule has 0 N–H and O–H groups in total. The van der Waals surface area contributed by atoms with E-state index in [1.807, 2.05) is 25.3 Å². The monoisotopic (exact) mass is 175 g/mol. The van der Waals surface area contributed by atoms with Crippen LogP contribution in [0.5, 0.6) is 0 Å². The van der Waals surface area contributed by atoms with Gasteiger partial charge in [-0.05, 0) is 18.6 Å². The first-order chi connectivity index (χ1) is 6.16. The van der Waals surface area contributed by atoms with Crippen LogP contribution in [0.25, 0.3) is 5.65 Å². The summed E-state index contributed by atoms with van der Waals surface area (Å²) >= 11 is 0. The summed E-state index contributed by atoms with van der Waals surface area (Å²) in [6.45, 7) is 3.43. The van der Waals surface area contributed by atoms with E-state index in [0.717, 1.165) is 5.56 Å². The molecule has 0 fully saturated rings. The number of pyridine rings is 1. The Bertz CT molecular complexity index is 473. The molecule has 0 aromatic carbocycles. The normalized spacial score (nSPS) is 10.6. The van der Waals surface area contributed by atoms with E-state index in [1.165, 1.54) is 6.92 Å². The molecule has 13 heavy (non-hydrogen) atoms. The van der Waals surface area contributed by atoms with Crippen LogP contribution in [0.1, 0.15) is 23.1 Å². The molecule has 0 bridgehead atoms. The summed E-state index contributed by atoms with van der Waals surface area (Å²) < 4.78 is 1.62. The zero-order valence-electron chi connectivity index (χ0n) is 7.48. The molecule has 0 aliphatic heterocycles. The molecule has 4 nitrogen and oxygen atoms in total. The summed E-state index contributed by atoms with van der Waals surface area (Å²) in [5, 5.41) is 4.03. The first-order valence-electron chi connectivity index (χ1n) is 4.01. The number of hydrogen-bond donors (Lipinski definition) is 0. The standard InChI is InChI=1S/C9H9N3O/c1-6-3-4-8-10-9(7(2)13)11-12(8)5-6/h3-5H,1-2H3. The number of carbonyl (C=O) groups is 1. The number of Topliss-reactive ketones (excluding diaryl/α,β-unsaturated/α-hetero) is 1. The average Bonchev–Trinajstić information content (AvgIpc) is 2.46. The molecule has 4 heteroatoms. The summed E-state index contributed by atoms with van der Waals surface area (Å²) in [6.07, 6.45) is 1.84. The van der Waals surface area contributed by atoms with Crippen molar-refractivity contribution in [1.82, 2.24) is 14.6 Å². The Morgan fingerprint density at radius 2 is 2.23 bits per heavy atom. The van der Waals surface area contributed by atoms with Gasteiger partial charge in [-0.2, -0.15) is 0 Å². The minimum atomic E-state index is -0.110. The van der Waals surface area contributed by atoms with E-state index in [1.54, 1.807) is 4.52 Å². The van der Waals surface area contributed by atoms with Crippen molar-refractivity contribution < 1.29 is 4.79 Å². The Labute approximate surface area is 75.2 Å². The van der Waals surface area contributed by atoms with E-state index in [9.17, 15) is 4.79 Å². The molecule has 0 aliphatic carbocycles. The van der Waals surface area contributed by atoms with Gasteiger partial charge in [-0.25, -0.2) is 9.50 Å². The summed E-state index contributed by atoms with van der Waals surface area (Å²) in [4.78, 5) is 15.0. The van der Waals surface area contributed by atoms with Crippen molar-refractivity contribution in [2.75, 3.05) is 0 Å². The van der Waals surface area contributed by atoms with Gasteiger partial charge in [0.05, 0.1) is 0 Å². The molecule has 2 aromatic rings. The van der Waals surface area contributed by atoms with Crippen LogP contribution in [0.15, 0.2) is 18.3 Å². The fraction of sp³-hybridized carbons (Fsp3) is 0.222. The number of aromatic nitrogens is 3. The van der Waals surface area contributed by atoms with Crippen LogP contribution in [0.4, 0.5) is 0 Å². The van der Waals surface area contributed by atoms with Gasteiger partial charge < -0.3 is 0 Å². The predicted molar refractivity (Wildman–Crippen MR) is 47.7 cm³/mol. The van der Waals surface area contributed by atoms with E-state index in [4.69, 9.17) is 0 Å². The molecular formula is C9H9N3O. The molecule has 2 aromatic heterocycles. The van der Waals surface area contributed by atoms with Crippen LogP contribution in [0.3, 0.4) is 0 Å². The van der Waals surface area contributed by atoms with E-state index in [2.05, 4.69) is 10.1 Å². The number of fused-ring (bicyclic) bond motifs is 1. The lowest BCUT2D eigenvalue weighted by Crippen LogP contribution is -1.95. The Balaban J connectivity index is 2.68. The van der Waals surface area contributed by atoms with Gasteiger partial charge in [0.15, 0.2) is 11.4 Å². The van der Waals surface area contributed by atoms with Gasteiger partial charge in [-0.3, -0.25) is 4.79 Å². The lowest BCUT2D eigenvalue weighted by Gasteiger charge is -1.91. The highest BCUT2D eigenvalue weighted by atomic mass is 16.1. The van der Waals surface area contributed by atoms with Crippen molar-refractivity contribution in [2.24, 2.45) is 0 Å². The molecule has 0 amide bonds. The van der Waals surface area contributed by atoms with Crippen molar-refractivity contribution in [3.63, 3.8) is 0 Å². The topological polar surface area (TPSA) is 47.3 Å². The zero-order chi connectivity index (χ0) is 9.42. The molecule has 0 radical (unpaired) electrons. The van der Waals surface area contributed by atoms with E-state index >= 15 is 0 Å². The Morgan fingerprint density at radius 1 is 1.46 bits per heavy atom. The maximum absolute atomic E-state index is 11.0. The molecule has 0 saturated carbocycles. The summed E-state index contributed by atoms with van der Waals surface area (Å²) in [7, 11) is 0. The molecule has 0 aliphatic rings. The second-order valence-corrected chi connectivity index (χ2v) is 3.00. The third-order valence-electron chi connectivity index (χ3n) is 1.79. The first-order valence-corrected chi connectivity index (χ1v) is 4.01. The lowest BCUT2D eigenvalue weighted by molar-refractivity contribution is 0.100. The van der Waals surface area contributed by atoms with E-state index in [-0.39, 0.29) is 11.6 Å². The van der Waals surface area contributed by atoms with Crippen LogP contribution >= 0.6 is 0 Å². The minimum Gasteiger partial charge on any atom is -0.291 e. The van der Waals surface area contributed by atoms with Crippen LogP contribution in [0, 0.1) is 6.92 Å². The maximum atomic E-state index is 11.0. The van der Waals surface area contributed by atoms with Crippen molar-refractivity contribution in [3.8, 4) is 0 Å². The SMILES string of the molecule is CC(=O)c1nc2ccc(C)cn2n1. The molecule has 0 saturated heterocycles. The van der Waals surface area contributed by atoms with E-state index in [0.29, 0.717) is 5.65 Å². The molecule has 0 atom stereocenters. The number of rotatable bonds is 1. The molecule has 2 heterocycles. The third kappa shape index (κ3) is 1.30. The van der Waals surface area contributed by atoms with Crippen LogP contribution in [-0.2, 0) is 0 Å². The van der Waals surface area contributed by atoms with Gasteiger partial charge >= 0.3 is 0 Å². The van der Waals surface area contributed by atoms with Gasteiger partial charge in [-0.1, -0.05) is 6.07 Å². The average molecular weight is 175 g/mol. The first kappa shape index (κ1) is 7.91. The largest absolute Gasteiger partial charge is 0.291 e. The predicted octanol–water partition coefficient (Wildman–Crippen LogP) is 1.24. The van der Waals surface area contributed by atoms with Crippen LogP contribution in [0.2, 0.25) is 0 Å². The molecule has 66 valence electrons. The smallest absolute Gasteiger partial charge is 0.217 e. The number of ketones is 1. The Morgan fingerprint density at radius 3 is 2.92 bits per heavy atom. The van der Waals surface area contributed by atoms with Gasteiger partial charge in [0.1, 0.15) is 0 Å². The number of aryl methyl sites for hydroxylation is 1. The highest BCUT2D eigenvalue weighted by molar-refractivity contribution is 5.90. The number of nitrogens with zero attached hydrogens (tertiary/aromatic N) is 3. The van der Waals surface area contributed by atoms with Gasteiger partial charge in [-0.15, -0.1) is 5.10 Å². The summed E-state index contributed by atoms with van der Waals surface area (Å²) in [5.41, 5.74) is 1.79. The number of hydrogen-bond acceptors (Lipinski definition) is 3. The zero-order valence-corrected chi connectivity index (χ0v) is 7.48. The van der Waals surface area contributed by atoms with Gasteiger partial charge in [0.25, 0.3) is 0 Å². The van der Waals surface area contributed by atoms with Crippen molar-refractivity contribution in [2.45, 2.75) is 13.8 Å². The van der Waals surface area contributed by atoms with Crippen molar-refractivity contribution in [3.05, 3.63) is 29.7 Å². The van der Waals surface area contributed by atoms with Crippen molar-refractivity contribution in [1.29, 1.82) is 0 Å². The van der Waals surface area contributed by atoms with Gasteiger partial charge in [0.2, 0.25) is 5.82 Å². The molecule has 2 rings (SSSR count). The third-order valence-corrected chi connectivity index (χ3v) is 1.79. The summed E-state index contributed by atoms with van der Waals surface area (Å²) in [5.74, 6) is 0.159. The molecule has 0 spiro atoms. The minimum absolute atomic E-state index is 0.110. The van der Waals surface area contributed by atoms with Crippen molar-refractivity contribution >= 4 is 11.4 Å². The molecular weight excluding hydrogens is 166 g/mol. The van der Waals surface area contributed by atoms with Gasteiger partial charge in [0, 0.05) is 13.1 Å². The highest BCUT2D eigenvalue weighted by Crippen LogP contribution is 2.03. The second kappa shape index (κ2) is 2.65. The van der Waals surface area contributed by atoms with Crippen LogP contribution in [-0.4, -0.2) is 20.4 Å². The fourth-order valence-corrected chi connectivity index (χ4v) is 1.14. The van der Waals surface area contributed by atoms with Crippen LogP contribution < -0.4 is 0 Å². The quantitative estimate of drug-likeness (QED) is 0.612. The van der Waals surface area contributed by atoms with E-state index < -0.39 is 0 Å². The Hall–Kier alpha value is -1.71. The second-order valence-electron chi connectivity index (χ2n) is 3.00. The Kier molecular flexibility index (Phi) is 1.62. The highest BCUT2D eigenvalue weighted by Gasteiger charge is 2.06. The number of carbonyl (C=O) groups excluding carboxylic acids is 1. The fourth-order valence-electron chi connectivity index (χ4n) is 1.14. The molecule has 0 unspecified atom stereocenters. The summed E-state index contributed by atoms with van der Waals surface area (Å²) in [6, 6.07) is 3.78. The maximum Gasteiger partial charge on any atom is 0.217 e.